The fourth-order valence-corrected chi connectivity index (χ4v) is 3.67. The molecule has 106 valence electrons. The van der Waals surface area contributed by atoms with Gasteiger partial charge < -0.3 is 4.90 Å². The number of aryl methyl sites for hydroxylation is 1. The number of nitrogens with zero attached hydrogens (tertiary/aromatic N) is 2. The Bertz CT molecular complexity index is 556. The van der Waals surface area contributed by atoms with Gasteiger partial charge in [0, 0.05) is 53.2 Å². The fourth-order valence-electron chi connectivity index (χ4n) is 2.61. The van der Waals surface area contributed by atoms with E-state index in [2.05, 4.69) is 41.0 Å². The summed E-state index contributed by atoms with van der Waals surface area (Å²) in [6.07, 6.45) is 0. The van der Waals surface area contributed by atoms with E-state index in [4.69, 9.17) is 11.6 Å². The second kappa shape index (κ2) is 6.17. The number of halogens is 1. The molecule has 1 fully saturated rings. The monoisotopic (exact) mass is 306 g/mol. The van der Waals surface area contributed by atoms with Gasteiger partial charge >= 0.3 is 0 Å². The molecule has 0 spiro atoms. The third-order valence-corrected chi connectivity index (χ3v) is 4.98. The molecule has 2 heterocycles. The van der Waals surface area contributed by atoms with Gasteiger partial charge in [0.25, 0.3) is 0 Å². The molecule has 4 heteroatoms. The van der Waals surface area contributed by atoms with E-state index in [9.17, 15) is 0 Å². The first-order valence-corrected chi connectivity index (χ1v) is 8.18. The summed E-state index contributed by atoms with van der Waals surface area (Å²) in [5.41, 5.74) is 1.28. The van der Waals surface area contributed by atoms with Gasteiger partial charge in [0.2, 0.25) is 0 Å². The fraction of sp³-hybridized carbons (Fsp3) is 0.375. The van der Waals surface area contributed by atoms with Crippen molar-refractivity contribution in [1.29, 1.82) is 0 Å². The molecule has 1 aliphatic rings. The van der Waals surface area contributed by atoms with Crippen LogP contribution in [-0.2, 0) is 6.54 Å². The van der Waals surface area contributed by atoms with Crippen molar-refractivity contribution in [3.63, 3.8) is 0 Å². The third kappa shape index (κ3) is 3.35. The smallest absolute Gasteiger partial charge is 0.0407 e. The van der Waals surface area contributed by atoms with Crippen LogP contribution in [0.5, 0.6) is 0 Å². The van der Waals surface area contributed by atoms with Gasteiger partial charge in [-0.05, 0) is 43.3 Å². The van der Waals surface area contributed by atoms with Gasteiger partial charge in [-0.25, -0.2) is 0 Å². The van der Waals surface area contributed by atoms with E-state index in [0.29, 0.717) is 0 Å². The Hall–Kier alpha value is -1.03. The SMILES string of the molecule is Cc1ccc(CN2CCN(c3ccc(Cl)cc3)CC2)s1. The second-order valence-corrected chi connectivity index (χ2v) is 7.06. The average molecular weight is 307 g/mol. The number of hydrogen-bond donors (Lipinski definition) is 0. The highest BCUT2D eigenvalue weighted by Gasteiger charge is 2.17. The van der Waals surface area contributed by atoms with E-state index >= 15 is 0 Å². The van der Waals surface area contributed by atoms with Crippen LogP contribution in [0.1, 0.15) is 9.75 Å². The summed E-state index contributed by atoms with van der Waals surface area (Å²) in [5.74, 6) is 0. The number of hydrogen-bond acceptors (Lipinski definition) is 3. The highest BCUT2D eigenvalue weighted by molar-refractivity contribution is 7.11. The van der Waals surface area contributed by atoms with Crippen molar-refractivity contribution in [3.8, 4) is 0 Å². The summed E-state index contributed by atoms with van der Waals surface area (Å²) in [7, 11) is 0. The molecule has 0 amide bonds. The minimum absolute atomic E-state index is 0.806. The van der Waals surface area contributed by atoms with Crippen molar-refractivity contribution in [1.82, 2.24) is 4.90 Å². The van der Waals surface area contributed by atoms with Crippen molar-refractivity contribution >= 4 is 28.6 Å². The zero-order chi connectivity index (χ0) is 13.9. The Labute approximate surface area is 129 Å². The maximum absolute atomic E-state index is 5.94. The number of rotatable bonds is 3. The molecular weight excluding hydrogens is 288 g/mol. The molecule has 0 aliphatic carbocycles. The maximum Gasteiger partial charge on any atom is 0.0407 e. The van der Waals surface area contributed by atoms with E-state index in [1.807, 2.05) is 23.5 Å². The van der Waals surface area contributed by atoms with Crippen LogP contribution in [0.4, 0.5) is 5.69 Å². The van der Waals surface area contributed by atoms with E-state index in [1.54, 1.807) is 0 Å². The Morgan fingerprint density at radius 3 is 2.30 bits per heavy atom. The summed E-state index contributed by atoms with van der Waals surface area (Å²) in [5, 5.41) is 0.806. The molecule has 1 aromatic heterocycles. The predicted molar refractivity (Wildman–Crippen MR) is 88.0 cm³/mol. The van der Waals surface area contributed by atoms with Crippen LogP contribution in [0.2, 0.25) is 5.02 Å². The molecule has 2 nitrogen and oxygen atoms in total. The average Bonchev–Trinajstić information content (AvgIpc) is 2.86. The minimum atomic E-state index is 0.806. The van der Waals surface area contributed by atoms with E-state index in [1.165, 1.54) is 15.4 Å². The normalized spacial score (nSPS) is 16.6. The van der Waals surface area contributed by atoms with E-state index < -0.39 is 0 Å². The van der Waals surface area contributed by atoms with E-state index in [0.717, 1.165) is 37.7 Å². The van der Waals surface area contributed by atoms with Crippen molar-refractivity contribution in [2.75, 3.05) is 31.1 Å². The van der Waals surface area contributed by atoms with Crippen LogP contribution in [0.3, 0.4) is 0 Å². The van der Waals surface area contributed by atoms with Crippen molar-refractivity contribution < 1.29 is 0 Å². The lowest BCUT2D eigenvalue weighted by atomic mass is 10.2. The van der Waals surface area contributed by atoms with Gasteiger partial charge in [0.05, 0.1) is 0 Å². The maximum atomic E-state index is 5.94. The topological polar surface area (TPSA) is 6.48 Å². The van der Waals surface area contributed by atoms with Crippen LogP contribution in [0.15, 0.2) is 36.4 Å². The Kier molecular flexibility index (Phi) is 4.29. The Morgan fingerprint density at radius 1 is 1.00 bits per heavy atom. The second-order valence-electron chi connectivity index (χ2n) is 5.25. The van der Waals surface area contributed by atoms with Crippen molar-refractivity contribution in [3.05, 3.63) is 51.2 Å². The number of anilines is 1. The molecule has 0 N–H and O–H groups in total. The molecule has 0 radical (unpaired) electrons. The quantitative estimate of drug-likeness (QED) is 0.844. The minimum Gasteiger partial charge on any atom is -0.369 e. The third-order valence-electron chi connectivity index (χ3n) is 3.74. The van der Waals surface area contributed by atoms with Gasteiger partial charge in [-0.15, -0.1) is 11.3 Å². The molecule has 0 saturated carbocycles. The summed E-state index contributed by atoms with van der Waals surface area (Å²) in [6.45, 7) is 7.69. The molecule has 20 heavy (non-hydrogen) atoms. The van der Waals surface area contributed by atoms with Crippen molar-refractivity contribution in [2.24, 2.45) is 0 Å². The number of benzene rings is 1. The first kappa shape index (κ1) is 13.9. The number of thiophene rings is 1. The van der Waals surface area contributed by atoms with Crippen LogP contribution in [0.25, 0.3) is 0 Å². The van der Waals surface area contributed by atoms with Gasteiger partial charge in [0.15, 0.2) is 0 Å². The lowest BCUT2D eigenvalue weighted by molar-refractivity contribution is 0.252. The summed E-state index contributed by atoms with van der Waals surface area (Å²) >= 11 is 7.85. The lowest BCUT2D eigenvalue weighted by Gasteiger charge is -2.36. The Balaban J connectivity index is 1.55. The first-order valence-electron chi connectivity index (χ1n) is 6.99. The molecular formula is C16H19ClN2S. The van der Waals surface area contributed by atoms with Crippen LogP contribution in [0, 0.1) is 6.92 Å². The lowest BCUT2D eigenvalue weighted by Crippen LogP contribution is -2.45. The van der Waals surface area contributed by atoms with Crippen LogP contribution >= 0.6 is 22.9 Å². The highest BCUT2D eigenvalue weighted by atomic mass is 35.5. The highest BCUT2D eigenvalue weighted by Crippen LogP contribution is 2.21. The van der Waals surface area contributed by atoms with Gasteiger partial charge in [0.1, 0.15) is 0 Å². The molecule has 3 rings (SSSR count). The van der Waals surface area contributed by atoms with Gasteiger partial charge in [-0.1, -0.05) is 11.6 Å². The van der Waals surface area contributed by atoms with E-state index in [-0.39, 0.29) is 0 Å². The molecule has 2 aromatic rings. The Morgan fingerprint density at radius 2 is 1.70 bits per heavy atom. The molecule has 0 atom stereocenters. The van der Waals surface area contributed by atoms with Crippen LogP contribution < -0.4 is 4.90 Å². The molecule has 0 unspecified atom stereocenters. The predicted octanol–water partition coefficient (Wildman–Crippen LogP) is 4.03. The largest absolute Gasteiger partial charge is 0.369 e. The van der Waals surface area contributed by atoms with Gasteiger partial charge in [-0.3, -0.25) is 4.90 Å². The molecule has 1 aliphatic heterocycles. The standard InChI is InChI=1S/C16H19ClN2S/c1-13-2-7-16(20-13)12-18-8-10-19(11-9-18)15-5-3-14(17)4-6-15/h2-7H,8-12H2,1H3. The van der Waals surface area contributed by atoms with Gasteiger partial charge in [-0.2, -0.15) is 0 Å². The van der Waals surface area contributed by atoms with Crippen molar-refractivity contribution in [2.45, 2.75) is 13.5 Å². The first-order chi connectivity index (χ1) is 9.70. The summed E-state index contributed by atoms with van der Waals surface area (Å²) in [6, 6.07) is 12.6. The molecule has 0 bridgehead atoms. The summed E-state index contributed by atoms with van der Waals surface area (Å²) < 4.78 is 0. The number of piperazine rings is 1. The molecule has 1 aromatic carbocycles. The zero-order valence-corrected chi connectivity index (χ0v) is 13.3. The molecule has 1 saturated heterocycles. The summed E-state index contributed by atoms with van der Waals surface area (Å²) in [4.78, 5) is 7.85. The van der Waals surface area contributed by atoms with Crippen LogP contribution in [-0.4, -0.2) is 31.1 Å². The zero-order valence-electron chi connectivity index (χ0n) is 11.7.